The lowest BCUT2D eigenvalue weighted by molar-refractivity contribution is 0.0526. The molecule has 0 unspecified atom stereocenters. The van der Waals surface area contributed by atoms with Gasteiger partial charge >= 0.3 is 18.0 Å². The van der Waals surface area contributed by atoms with Crippen molar-refractivity contribution in [3.63, 3.8) is 0 Å². The second kappa shape index (κ2) is 8.37. The van der Waals surface area contributed by atoms with Crippen LogP contribution in [0.1, 0.15) is 60.5 Å². The lowest BCUT2D eigenvalue weighted by Gasteiger charge is -2.35. The van der Waals surface area contributed by atoms with Crippen LogP contribution in [0, 0.1) is 13.8 Å². The van der Waals surface area contributed by atoms with Gasteiger partial charge in [0.05, 0.1) is 17.2 Å². The number of fused-ring (bicyclic) bond motifs is 3. The van der Waals surface area contributed by atoms with Crippen molar-refractivity contribution in [3.05, 3.63) is 68.8 Å². The van der Waals surface area contributed by atoms with Crippen molar-refractivity contribution in [1.82, 2.24) is 9.80 Å². The smallest absolute Gasteiger partial charge is 0.410 e. The van der Waals surface area contributed by atoms with Crippen molar-refractivity contribution in [1.29, 1.82) is 0 Å². The molecule has 8 nitrogen and oxygen atoms in total. The first-order valence-corrected chi connectivity index (χ1v) is 12.2. The Hall–Kier alpha value is -3.39. The monoisotopic (exact) mass is 476 g/mol. The van der Waals surface area contributed by atoms with E-state index in [1.807, 2.05) is 30.0 Å². The first-order valence-electron chi connectivity index (χ1n) is 12.2. The van der Waals surface area contributed by atoms with Crippen LogP contribution in [-0.4, -0.2) is 59.6 Å². The summed E-state index contributed by atoms with van der Waals surface area (Å²) in [7, 11) is 0. The van der Waals surface area contributed by atoms with Gasteiger partial charge in [-0.2, -0.15) is 0 Å². The zero-order valence-corrected chi connectivity index (χ0v) is 20.0. The maximum absolute atomic E-state index is 12.8. The largest absolute Gasteiger partial charge is 0.457 e. The number of hydrogen-bond donors (Lipinski definition) is 0. The highest BCUT2D eigenvalue weighted by atomic mass is 16.6. The Morgan fingerprint density at radius 3 is 2.20 bits per heavy atom. The first kappa shape index (κ1) is 22.1. The fourth-order valence-electron chi connectivity index (χ4n) is 5.86. The van der Waals surface area contributed by atoms with Gasteiger partial charge in [-0.25, -0.2) is 14.4 Å². The molecule has 0 spiro atoms. The van der Waals surface area contributed by atoms with E-state index in [-0.39, 0.29) is 30.2 Å². The molecular weight excluding hydrogens is 448 g/mol. The Morgan fingerprint density at radius 2 is 1.51 bits per heavy atom. The fraction of sp³-hybridized carbons (Fsp3) is 0.444. The van der Waals surface area contributed by atoms with E-state index in [1.54, 1.807) is 6.07 Å². The van der Waals surface area contributed by atoms with Crippen molar-refractivity contribution in [2.75, 3.05) is 19.6 Å². The van der Waals surface area contributed by atoms with E-state index in [1.165, 1.54) is 5.56 Å². The third-order valence-corrected chi connectivity index (χ3v) is 8.09. The van der Waals surface area contributed by atoms with E-state index in [0.29, 0.717) is 37.4 Å². The van der Waals surface area contributed by atoms with Crippen LogP contribution >= 0.6 is 0 Å². The third-order valence-electron chi connectivity index (χ3n) is 8.09. The van der Waals surface area contributed by atoms with E-state index < -0.39 is 0 Å². The normalized spacial score (nSPS) is 23.0. The fourth-order valence-corrected chi connectivity index (χ4v) is 5.86. The molecule has 182 valence electrons. The number of hydrogen-bond acceptors (Lipinski definition) is 7. The van der Waals surface area contributed by atoms with Crippen LogP contribution in [0.3, 0.4) is 0 Å². The summed E-state index contributed by atoms with van der Waals surface area (Å²) >= 11 is 0. The lowest BCUT2D eigenvalue weighted by Crippen LogP contribution is -2.49. The predicted octanol–water partition coefficient (Wildman–Crippen LogP) is 3.28. The molecule has 0 radical (unpaired) electrons. The number of carbonyl (C=O) groups excluding carboxylic acids is 3. The Balaban J connectivity index is 1.10. The molecule has 2 aromatic rings. The van der Waals surface area contributed by atoms with Gasteiger partial charge in [0.1, 0.15) is 19.3 Å². The number of cyclic esters (lactones) is 2. The van der Waals surface area contributed by atoms with Crippen LogP contribution in [0.25, 0.3) is 0 Å². The summed E-state index contributed by atoms with van der Waals surface area (Å²) in [6, 6.07) is 7.68. The van der Waals surface area contributed by atoms with Gasteiger partial charge in [0.15, 0.2) is 0 Å². The first-order chi connectivity index (χ1) is 16.9. The molecule has 0 N–H and O–H groups in total. The topological polar surface area (TPSA) is 85.4 Å². The minimum atomic E-state index is -0.278. The molecule has 2 aromatic carbocycles. The van der Waals surface area contributed by atoms with E-state index >= 15 is 0 Å². The van der Waals surface area contributed by atoms with Crippen LogP contribution in [-0.2, 0) is 40.4 Å². The number of esters is 2. The summed E-state index contributed by atoms with van der Waals surface area (Å²) in [6.07, 6.45) is 1.31. The molecule has 4 aliphatic heterocycles. The van der Waals surface area contributed by atoms with Crippen molar-refractivity contribution >= 4 is 18.0 Å². The highest BCUT2D eigenvalue weighted by Crippen LogP contribution is 2.32. The summed E-state index contributed by atoms with van der Waals surface area (Å²) in [5.41, 5.74) is 7.63. The number of amides is 1. The van der Waals surface area contributed by atoms with Crippen molar-refractivity contribution in [2.24, 2.45) is 0 Å². The number of likely N-dealkylation sites (tertiary alicyclic amines) is 1. The van der Waals surface area contributed by atoms with Gasteiger partial charge in [-0.1, -0.05) is 12.1 Å². The van der Waals surface area contributed by atoms with Crippen LogP contribution in [0.2, 0.25) is 0 Å². The molecule has 35 heavy (non-hydrogen) atoms. The summed E-state index contributed by atoms with van der Waals surface area (Å²) in [5, 5.41) is 0. The molecule has 4 aliphatic rings. The highest BCUT2D eigenvalue weighted by molar-refractivity contribution is 5.94. The van der Waals surface area contributed by atoms with Crippen LogP contribution in [0.4, 0.5) is 4.79 Å². The van der Waals surface area contributed by atoms with Crippen LogP contribution in [0.5, 0.6) is 0 Å². The molecule has 6 rings (SSSR count). The minimum Gasteiger partial charge on any atom is -0.457 e. The third kappa shape index (κ3) is 3.67. The summed E-state index contributed by atoms with van der Waals surface area (Å²) in [4.78, 5) is 40.6. The van der Waals surface area contributed by atoms with E-state index in [2.05, 4.69) is 11.8 Å². The molecule has 4 heterocycles. The van der Waals surface area contributed by atoms with Gasteiger partial charge in [0, 0.05) is 37.3 Å². The predicted molar refractivity (Wildman–Crippen MR) is 125 cm³/mol. The lowest BCUT2D eigenvalue weighted by atomic mass is 9.95. The molecular formula is C27H28N2O6. The molecule has 0 aromatic heterocycles. The Labute approximate surface area is 203 Å². The standard InChI is InChI=1S/C27H28N2O6/c1-15-17(3-5-19-21(15)13-33-25(19)30)7-9-28-10-8-23-24(12-28)35-27(32)29(23)11-18-4-6-20-22(16(18)2)14-34-26(20)31/h3-6,23-24H,7-14H2,1-2H3/t23-,24+/m0/s1. The Bertz CT molecular complexity index is 1250. The van der Waals surface area contributed by atoms with Gasteiger partial charge < -0.3 is 14.2 Å². The number of benzene rings is 2. The number of ether oxygens (including phenoxy) is 3. The molecule has 2 saturated heterocycles. The zero-order chi connectivity index (χ0) is 24.3. The van der Waals surface area contributed by atoms with Crippen molar-refractivity contribution < 1.29 is 28.6 Å². The summed E-state index contributed by atoms with van der Waals surface area (Å²) in [6.45, 7) is 7.65. The number of carbonyl (C=O) groups is 3. The minimum absolute atomic E-state index is 0.0502. The molecule has 1 amide bonds. The van der Waals surface area contributed by atoms with Crippen molar-refractivity contribution in [3.8, 4) is 0 Å². The number of piperidine rings is 1. The van der Waals surface area contributed by atoms with Gasteiger partial charge in [-0.3, -0.25) is 9.80 Å². The quantitative estimate of drug-likeness (QED) is 0.484. The molecule has 0 saturated carbocycles. The molecule has 2 atom stereocenters. The number of rotatable bonds is 5. The zero-order valence-electron chi connectivity index (χ0n) is 20.0. The second-order valence-corrected chi connectivity index (χ2v) is 9.86. The summed E-state index contributed by atoms with van der Waals surface area (Å²) in [5.74, 6) is -0.513. The Morgan fingerprint density at radius 1 is 0.886 bits per heavy atom. The Kier molecular flexibility index (Phi) is 5.29. The maximum Gasteiger partial charge on any atom is 0.410 e. The van der Waals surface area contributed by atoms with Crippen LogP contribution in [0.15, 0.2) is 24.3 Å². The van der Waals surface area contributed by atoms with Gasteiger partial charge in [0.2, 0.25) is 0 Å². The molecule has 0 bridgehead atoms. The maximum atomic E-state index is 12.8. The second-order valence-electron chi connectivity index (χ2n) is 9.86. The van der Waals surface area contributed by atoms with Gasteiger partial charge in [0.25, 0.3) is 0 Å². The molecule has 2 fully saturated rings. The average Bonchev–Trinajstić information content (AvgIpc) is 3.51. The van der Waals surface area contributed by atoms with Crippen LogP contribution < -0.4 is 0 Å². The van der Waals surface area contributed by atoms with E-state index in [9.17, 15) is 14.4 Å². The van der Waals surface area contributed by atoms with Gasteiger partial charge in [-0.15, -0.1) is 0 Å². The average molecular weight is 477 g/mol. The number of nitrogens with zero attached hydrogens (tertiary/aromatic N) is 2. The van der Waals surface area contributed by atoms with Gasteiger partial charge in [-0.05, 0) is 61.1 Å². The molecule has 8 heteroatoms. The SMILES string of the molecule is Cc1c(CCN2CC[C@H]3[C@@H](C2)OC(=O)N3Cc2ccc3c(c2C)COC3=O)ccc2c1COC2=O. The van der Waals surface area contributed by atoms with Crippen molar-refractivity contribution in [2.45, 2.75) is 58.6 Å². The highest BCUT2D eigenvalue weighted by Gasteiger charge is 2.45. The van der Waals surface area contributed by atoms with E-state index in [0.717, 1.165) is 53.7 Å². The van der Waals surface area contributed by atoms with E-state index in [4.69, 9.17) is 14.2 Å². The molecule has 0 aliphatic carbocycles. The summed E-state index contributed by atoms with van der Waals surface area (Å²) < 4.78 is 16.1.